The van der Waals surface area contributed by atoms with E-state index in [0.29, 0.717) is 23.2 Å². The molecule has 8 nitrogen and oxygen atoms in total. The Labute approximate surface area is 170 Å². The van der Waals surface area contributed by atoms with Crippen LogP contribution in [0.5, 0.6) is 0 Å². The Balaban J connectivity index is 1.37. The number of aromatic amines is 3. The van der Waals surface area contributed by atoms with E-state index < -0.39 is 0 Å². The summed E-state index contributed by atoms with van der Waals surface area (Å²) in [5, 5.41) is 11.7. The van der Waals surface area contributed by atoms with Gasteiger partial charge >= 0.3 is 0 Å². The number of anilines is 2. The number of nitrogens with zero attached hydrogens (tertiary/aromatic N) is 4. The maximum atomic E-state index is 4.71. The summed E-state index contributed by atoms with van der Waals surface area (Å²) in [5.41, 5.74) is 5.29. The van der Waals surface area contributed by atoms with Gasteiger partial charge < -0.3 is 15.3 Å². The number of imidazole rings is 1. The zero-order chi connectivity index (χ0) is 19.9. The van der Waals surface area contributed by atoms with Gasteiger partial charge in [0.1, 0.15) is 5.82 Å². The number of hydrogen-bond acceptors (Lipinski definition) is 5. The summed E-state index contributed by atoms with van der Waals surface area (Å²) in [5.74, 6) is 1.99. The van der Waals surface area contributed by atoms with Crippen LogP contribution in [0.3, 0.4) is 0 Å². The first-order chi connectivity index (χ1) is 14.8. The molecule has 0 saturated heterocycles. The third-order valence-electron chi connectivity index (χ3n) is 5.00. The molecule has 6 rings (SSSR count). The number of hydrogen-bond donors (Lipinski definition) is 4. The topological polar surface area (TPSA) is 111 Å². The lowest BCUT2D eigenvalue weighted by Crippen LogP contribution is -1.98. The van der Waals surface area contributed by atoms with Crippen molar-refractivity contribution in [1.29, 1.82) is 0 Å². The van der Waals surface area contributed by atoms with Gasteiger partial charge in [0.25, 0.3) is 0 Å². The fourth-order valence-electron chi connectivity index (χ4n) is 3.60. The lowest BCUT2D eigenvalue weighted by atomic mass is 10.1. The monoisotopic (exact) mass is 392 g/mol. The van der Waals surface area contributed by atoms with Gasteiger partial charge in [-0.25, -0.2) is 15.0 Å². The van der Waals surface area contributed by atoms with E-state index in [0.717, 1.165) is 33.2 Å². The standard InChI is InChI=1S/C22H16N8/c1-2-7-16-15(6-1)27-22(28-16)20-17(12-25-30-20)26-18-9-11-24-21(29-18)14-5-3-4-13-8-10-23-19(13)14/h1-12,23H,(H,25,30)(H,27,28)(H,24,26,29). The second kappa shape index (κ2) is 6.56. The van der Waals surface area contributed by atoms with Gasteiger partial charge in [-0.05, 0) is 30.3 Å². The van der Waals surface area contributed by atoms with E-state index >= 15 is 0 Å². The van der Waals surface area contributed by atoms with Gasteiger partial charge in [0, 0.05) is 29.5 Å². The lowest BCUT2D eigenvalue weighted by Gasteiger charge is -2.07. The van der Waals surface area contributed by atoms with Crippen molar-refractivity contribution >= 4 is 33.4 Å². The van der Waals surface area contributed by atoms with Gasteiger partial charge in [0.15, 0.2) is 17.3 Å². The fourth-order valence-corrected chi connectivity index (χ4v) is 3.60. The van der Waals surface area contributed by atoms with Crippen molar-refractivity contribution in [2.45, 2.75) is 0 Å². The van der Waals surface area contributed by atoms with Gasteiger partial charge in [0.05, 0.1) is 22.2 Å². The highest BCUT2D eigenvalue weighted by Gasteiger charge is 2.14. The number of nitrogens with one attached hydrogen (secondary N) is 4. The largest absolute Gasteiger partial charge is 0.361 e. The predicted octanol–water partition coefficient (Wildman–Crippen LogP) is 4.63. The van der Waals surface area contributed by atoms with Crippen LogP contribution in [0.25, 0.3) is 44.8 Å². The van der Waals surface area contributed by atoms with Crippen molar-refractivity contribution in [2.24, 2.45) is 0 Å². The molecule has 0 aliphatic rings. The molecule has 0 unspecified atom stereocenters. The molecule has 4 aromatic heterocycles. The smallest absolute Gasteiger partial charge is 0.163 e. The molecule has 0 aliphatic carbocycles. The normalized spacial score (nSPS) is 11.3. The minimum Gasteiger partial charge on any atom is -0.361 e. The fraction of sp³-hybridized carbons (Fsp3) is 0. The van der Waals surface area contributed by atoms with Crippen LogP contribution in [-0.2, 0) is 0 Å². The summed E-state index contributed by atoms with van der Waals surface area (Å²) in [6, 6.07) is 17.8. The number of fused-ring (bicyclic) bond motifs is 2. The number of para-hydroxylation sites is 3. The number of H-pyrrole nitrogens is 3. The summed E-state index contributed by atoms with van der Waals surface area (Å²) in [4.78, 5) is 20.4. The molecule has 4 heterocycles. The van der Waals surface area contributed by atoms with Crippen molar-refractivity contribution in [3.05, 3.63) is 73.2 Å². The Kier molecular flexibility index (Phi) is 3.60. The molecule has 0 amide bonds. The number of rotatable bonds is 4. The molecule has 0 radical (unpaired) electrons. The molecule has 144 valence electrons. The summed E-state index contributed by atoms with van der Waals surface area (Å²) < 4.78 is 0. The molecule has 8 heteroatoms. The highest BCUT2D eigenvalue weighted by Crippen LogP contribution is 2.29. The molecule has 6 aromatic rings. The van der Waals surface area contributed by atoms with Crippen molar-refractivity contribution in [1.82, 2.24) is 35.1 Å². The summed E-state index contributed by atoms with van der Waals surface area (Å²) >= 11 is 0. The molecule has 0 aliphatic heterocycles. The first-order valence-corrected chi connectivity index (χ1v) is 9.50. The molecule has 0 spiro atoms. The van der Waals surface area contributed by atoms with E-state index in [4.69, 9.17) is 4.98 Å². The van der Waals surface area contributed by atoms with Crippen LogP contribution in [0.15, 0.2) is 73.2 Å². The first-order valence-electron chi connectivity index (χ1n) is 9.50. The SMILES string of the molecule is c1cc(-c2nccc(Nc3c[nH]nc3-c3nc4ccccc4[nH]3)n2)c2[nH]ccc2c1. The molecule has 0 atom stereocenters. The van der Waals surface area contributed by atoms with Crippen LogP contribution in [0, 0.1) is 0 Å². The quantitative estimate of drug-likeness (QED) is 0.349. The Morgan fingerprint density at radius 2 is 1.87 bits per heavy atom. The molecule has 2 aromatic carbocycles. The Bertz CT molecular complexity index is 1460. The van der Waals surface area contributed by atoms with Crippen LogP contribution in [0.4, 0.5) is 11.5 Å². The number of benzene rings is 2. The van der Waals surface area contributed by atoms with Crippen molar-refractivity contribution in [3.63, 3.8) is 0 Å². The number of aromatic nitrogens is 7. The molecular weight excluding hydrogens is 376 g/mol. The first kappa shape index (κ1) is 16.5. The Morgan fingerprint density at radius 3 is 2.83 bits per heavy atom. The van der Waals surface area contributed by atoms with Gasteiger partial charge in [-0.1, -0.05) is 24.3 Å². The van der Waals surface area contributed by atoms with Crippen molar-refractivity contribution in [3.8, 4) is 22.9 Å². The molecular formula is C22H16N8. The van der Waals surface area contributed by atoms with E-state index in [1.165, 1.54) is 0 Å². The lowest BCUT2D eigenvalue weighted by molar-refractivity contribution is 1.08. The molecule has 0 fully saturated rings. The van der Waals surface area contributed by atoms with Crippen LogP contribution in [0.2, 0.25) is 0 Å². The zero-order valence-corrected chi connectivity index (χ0v) is 15.7. The third kappa shape index (κ3) is 2.70. The van der Waals surface area contributed by atoms with Gasteiger partial charge in [-0.2, -0.15) is 5.10 Å². The molecule has 4 N–H and O–H groups in total. The predicted molar refractivity (Wildman–Crippen MR) is 116 cm³/mol. The minimum atomic E-state index is 0.641. The van der Waals surface area contributed by atoms with E-state index in [9.17, 15) is 0 Å². The average Bonchev–Trinajstić information content (AvgIpc) is 3.52. The van der Waals surface area contributed by atoms with Gasteiger partial charge in [-0.15, -0.1) is 0 Å². The maximum absolute atomic E-state index is 4.71. The van der Waals surface area contributed by atoms with E-state index in [1.54, 1.807) is 12.4 Å². The Hall–Kier alpha value is -4.46. The maximum Gasteiger partial charge on any atom is 0.163 e. The van der Waals surface area contributed by atoms with E-state index in [2.05, 4.69) is 41.5 Å². The Morgan fingerprint density at radius 1 is 0.900 bits per heavy atom. The van der Waals surface area contributed by atoms with Gasteiger partial charge in [0.2, 0.25) is 0 Å². The van der Waals surface area contributed by atoms with Gasteiger partial charge in [-0.3, -0.25) is 5.10 Å². The summed E-state index contributed by atoms with van der Waals surface area (Å²) in [6.45, 7) is 0. The average molecular weight is 392 g/mol. The minimum absolute atomic E-state index is 0.641. The van der Waals surface area contributed by atoms with Crippen LogP contribution in [0.1, 0.15) is 0 Å². The second-order valence-corrected chi connectivity index (χ2v) is 6.89. The highest BCUT2D eigenvalue weighted by atomic mass is 15.2. The van der Waals surface area contributed by atoms with Crippen LogP contribution < -0.4 is 5.32 Å². The van der Waals surface area contributed by atoms with E-state index in [1.807, 2.05) is 54.7 Å². The molecule has 0 saturated carbocycles. The molecule has 30 heavy (non-hydrogen) atoms. The van der Waals surface area contributed by atoms with Crippen LogP contribution >= 0.6 is 0 Å². The van der Waals surface area contributed by atoms with Crippen molar-refractivity contribution in [2.75, 3.05) is 5.32 Å². The highest BCUT2D eigenvalue weighted by molar-refractivity contribution is 5.92. The summed E-state index contributed by atoms with van der Waals surface area (Å²) in [7, 11) is 0. The molecule has 0 bridgehead atoms. The van der Waals surface area contributed by atoms with Crippen LogP contribution in [-0.4, -0.2) is 35.1 Å². The van der Waals surface area contributed by atoms with Crippen molar-refractivity contribution < 1.29 is 0 Å². The van der Waals surface area contributed by atoms with E-state index in [-0.39, 0.29) is 0 Å². The third-order valence-corrected chi connectivity index (χ3v) is 5.00. The second-order valence-electron chi connectivity index (χ2n) is 6.89. The zero-order valence-electron chi connectivity index (χ0n) is 15.7. The summed E-state index contributed by atoms with van der Waals surface area (Å²) in [6.07, 6.45) is 5.45.